The van der Waals surface area contributed by atoms with Gasteiger partial charge in [-0.15, -0.1) is 11.3 Å². The average Bonchev–Trinajstić information content (AvgIpc) is 2.82. The third-order valence-corrected chi connectivity index (χ3v) is 3.51. The summed E-state index contributed by atoms with van der Waals surface area (Å²) in [4.78, 5) is 10.1. The van der Waals surface area contributed by atoms with Gasteiger partial charge in [0.1, 0.15) is 16.8 Å². The van der Waals surface area contributed by atoms with Crippen LogP contribution in [-0.4, -0.2) is 24.1 Å². The molecule has 2 rings (SSSR count). The van der Waals surface area contributed by atoms with Crippen molar-refractivity contribution in [3.05, 3.63) is 17.3 Å². The van der Waals surface area contributed by atoms with Gasteiger partial charge in [0.2, 0.25) is 0 Å². The first-order valence-electron chi connectivity index (χ1n) is 5.75. The SMILES string of the molecule is CCCC(OC)c1nc(NC)c2ccsc2n1. The number of nitrogens with zero attached hydrogens (tertiary/aromatic N) is 2. The number of nitrogens with one attached hydrogen (secondary N) is 1. The first kappa shape index (κ1) is 12.3. The van der Waals surface area contributed by atoms with Gasteiger partial charge in [-0.2, -0.15) is 0 Å². The number of hydrogen-bond acceptors (Lipinski definition) is 5. The highest BCUT2D eigenvalue weighted by molar-refractivity contribution is 7.16. The van der Waals surface area contributed by atoms with Gasteiger partial charge in [0.15, 0.2) is 5.82 Å². The minimum atomic E-state index is -0.0152. The maximum atomic E-state index is 5.45. The molecule has 0 saturated carbocycles. The van der Waals surface area contributed by atoms with Crippen LogP contribution >= 0.6 is 11.3 Å². The zero-order valence-corrected chi connectivity index (χ0v) is 11.2. The number of anilines is 1. The molecule has 0 aliphatic heterocycles. The first-order valence-corrected chi connectivity index (χ1v) is 6.63. The Hall–Kier alpha value is -1.20. The maximum absolute atomic E-state index is 5.45. The quantitative estimate of drug-likeness (QED) is 0.886. The minimum absolute atomic E-state index is 0.0152. The van der Waals surface area contributed by atoms with Gasteiger partial charge in [-0.1, -0.05) is 13.3 Å². The van der Waals surface area contributed by atoms with Gasteiger partial charge in [-0.3, -0.25) is 0 Å². The summed E-state index contributed by atoms with van der Waals surface area (Å²) in [6.07, 6.45) is 1.98. The molecule has 2 aromatic heterocycles. The highest BCUT2D eigenvalue weighted by Gasteiger charge is 2.16. The molecule has 2 heterocycles. The normalized spacial score (nSPS) is 12.9. The van der Waals surface area contributed by atoms with Gasteiger partial charge >= 0.3 is 0 Å². The van der Waals surface area contributed by atoms with Crippen molar-refractivity contribution in [2.45, 2.75) is 25.9 Å². The third-order valence-electron chi connectivity index (χ3n) is 2.70. The molecule has 1 N–H and O–H groups in total. The highest BCUT2D eigenvalue weighted by Crippen LogP contribution is 2.28. The Bertz CT molecular complexity index is 497. The maximum Gasteiger partial charge on any atom is 0.161 e. The second-order valence-electron chi connectivity index (χ2n) is 3.83. The Morgan fingerprint density at radius 2 is 2.29 bits per heavy atom. The Kier molecular flexibility index (Phi) is 3.91. The lowest BCUT2D eigenvalue weighted by atomic mass is 10.2. The van der Waals surface area contributed by atoms with Crippen molar-refractivity contribution in [3.8, 4) is 0 Å². The van der Waals surface area contributed by atoms with Gasteiger partial charge in [-0.05, 0) is 17.9 Å². The number of ether oxygens (including phenoxy) is 1. The third kappa shape index (κ3) is 2.40. The molecule has 0 aromatic carbocycles. The lowest BCUT2D eigenvalue weighted by Gasteiger charge is -2.14. The van der Waals surface area contributed by atoms with E-state index < -0.39 is 0 Å². The van der Waals surface area contributed by atoms with E-state index in [1.165, 1.54) is 0 Å². The van der Waals surface area contributed by atoms with Gasteiger partial charge in [0.05, 0.1) is 5.39 Å². The molecule has 0 aliphatic rings. The van der Waals surface area contributed by atoms with Crippen molar-refractivity contribution in [2.75, 3.05) is 19.5 Å². The molecule has 0 bridgehead atoms. The molecule has 2 aromatic rings. The van der Waals surface area contributed by atoms with Crippen molar-refractivity contribution in [1.29, 1.82) is 0 Å². The van der Waals surface area contributed by atoms with Crippen LogP contribution < -0.4 is 5.32 Å². The number of aromatic nitrogens is 2. The molecule has 0 aliphatic carbocycles. The Morgan fingerprint density at radius 1 is 1.47 bits per heavy atom. The summed E-state index contributed by atoms with van der Waals surface area (Å²) in [6.45, 7) is 2.13. The van der Waals surface area contributed by atoms with E-state index in [4.69, 9.17) is 4.74 Å². The summed E-state index contributed by atoms with van der Waals surface area (Å²) in [5.41, 5.74) is 0. The van der Waals surface area contributed by atoms with Gasteiger partial charge < -0.3 is 10.1 Å². The van der Waals surface area contributed by atoms with Crippen LogP contribution in [0.5, 0.6) is 0 Å². The smallest absolute Gasteiger partial charge is 0.161 e. The standard InChI is InChI=1S/C12H17N3OS/c1-4-5-9(16-3)11-14-10(13-2)8-6-7-17-12(8)15-11/h6-7,9H,4-5H2,1-3H3,(H,13,14,15). The zero-order chi connectivity index (χ0) is 12.3. The molecule has 4 nitrogen and oxygen atoms in total. The van der Waals surface area contributed by atoms with E-state index in [0.29, 0.717) is 0 Å². The van der Waals surface area contributed by atoms with Crippen LogP contribution in [0.25, 0.3) is 10.2 Å². The van der Waals surface area contributed by atoms with Crippen LogP contribution in [0.3, 0.4) is 0 Å². The van der Waals surface area contributed by atoms with E-state index in [1.54, 1.807) is 18.4 Å². The van der Waals surface area contributed by atoms with E-state index in [1.807, 2.05) is 18.5 Å². The molecule has 0 saturated heterocycles. The molecular formula is C12H17N3OS. The summed E-state index contributed by atoms with van der Waals surface area (Å²) in [5.74, 6) is 1.65. The fourth-order valence-corrected chi connectivity index (χ4v) is 2.59. The molecule has 0 amide bonds. The lowest BCUT2D eigenvalue weighted by molar-refractivity contribution is 0.0881. The number of thiophene rings is 1. The molecule has 0 spiro atoms. The number of rotatable bonds is 5. The second kappa shape index (κ2) is 5.42. The Morgan fingerprint density at radius 3 is 2.94 bits per heavy atom. The van der Waals surface area contributed by atoms with Crippen molar-refractivity contribution in [2.24, 2.45) is 0 Å². The zero-order valence-electron chi connectivity index (χ0n) is 10.4. The molecule has 1 atom stereocenters. The van der Waals surface area contributed by atoms with Gasteiger partial charge in [0, 0.05) is 14.2 Å². The Labute approximate surface area is 105 Å². The van der Waals surface area contributed by atoms with Crippen molar-refractivity contribution < 1.29 is 4.74 Å². The van der Waals surface area contributed by atoms with Gasteiger partial charge in [-0.25, -0.2) is 9.97 Å². The van der Waals surface area contributed by atoms with Crippen molar-refractivity contribution in [1.82, 2.24) is 9.97 Å². The number of hydrogen-bond donors (Lipinski definition) is 1. The summed E-state index contributed by atoms with van der Waals surface area (Å²) in [6, 6.07) is 2.04. The van der Waals surface area contributed by atoms with E-state index >= 15 is 0 Å². The lowest BCUT2D eigenvalue weighted by Crippen LogP contribution is -2.08. The summed E-state index contributed by atoms with van der Waals surface area (Å²) < 4.78 is 5.45. The molecule has 0 radical (unpaired) electrons. The molecular weight excluding hydrogens is 234 g/mol. The van der Waals surface area contributed by atoms with E-state index in [9.17, 15) is 0 Å². The van der Waals surface area contributed by atoms with E-state index in [0.717, 1.165) is 34.7 Å². The molecule has 0 fully saturated rings. The van der Waals surface area contributed by atoms with Crippen LogP contribution in [-0.2, 0) is 4.74 Å². The summed E-state index contributed by atoms with van der Waals surface area (Å²) in [7, 11) is 3.59. The van der Waals surface area contributed by atoms with Crippen LogP contribution in [0.1, 0.15) is 31.7 Å². The number of methoxy groups -OCH3 is 1. The minimum Gasteiger partial charge on any atom is -0.373 e. The predicted molar refractivity (Wildman–Crippen MR) is 71.6 cm³/mol. The monoisotopic (exact) mass is 251 g/mol. The fourth-order valence-electron chi connectivity index (χ4n) is 1.82. The fraction of sp³-hybridized carbons (Fsp3) is 0.500. The largest absolute Gasteiger partial charge is 0.373 e. The van der Waals surface area contributed by atoms with Crippen molar-refractivity contribution >= 4 is 27.4 Å². The van der Waals surface area contributed by atoms with Crippen LogP contribution in [0.15, 0.2) is 11.4 Å². The van der Waals surface area contributed by atoms with E-state index in [-0.39, 0.29) is 6.10 Å². The predicted octanol–water partition coefficient (Wildman–Crippen LogP) is 3.22. The highest BCUT2D eigenvalue weighted by atomic mass is 32.1. The Balaban J connectivity index is 2.46. The van der Waals surface area contributed by atoms with E-state index in [2.05, 4.69) is 22.2 Å². The topological polar surface area (TPSA) is 47.0 Å². The average molecular weight is 251 g/mol. The van der Waals surface area contributed by atoms with Gasteiger partial charge in [0.25, 0.3) is 0 Å². The summed E-state index contributed by atoms with van der Waals surface area (Å²) in [5, 5.41) is 6.23. The molecule has 1 unspecified atom stereocenters. The number of fused-ring (bicyclic) bond motifs is 1. The molecule has 17 heavy (non-hydrogen) atoms. The van der Waals surface area contributed by atoms with Crippen molar-refractivity contribution in [3.63, 3.8) is 0 Å². The van der Waals surface area contributed by atoms with Crippen LogP contribution in [0.4, 0.5) is 5.82 Å². The second-order valence-corrected chi connectivity index (χ2v) is 4.73. The summed E-state index contributed by atoms with van der Waals surface area (Å²) >= 11 is 1.63. The molecule has 5 heteroatoms. The van der Waals surface area contributed by atoms with Crippen LogP contribution in [0.2, 0.25) is 0 Å². The first-order chi connectivity index (χ1) is 8.30. The molecule has 92 valence electrons. The van der Waals surface area contributed by atoms with Crippen LogP contribution in [0, 0.1) is 0 Å².